The SMILES string of the molecule is COc1cccc(C=NNC(=O)CC(NS(=O)(=O)c2ccc(C)cc2)c2ccccc2)c1O. The second-order valence-electron chi connectivity index (χ2n) is 7.29. The number of ether oxygens (including phenoxy) is 1. The Morgan fingerprint density at radius 1 is 1.06 bits per heavy atom. The van der Waals surface area contributed by atoms with Crippen molar-refractivity contribution in [2.24, 2.45) is 5.10 Å². The number of nitrogens with zero attached hydrogens (tertiary/aromatic N) is 1. The summed E-state index contributed by atoms with van der Waals surface area (Å²) in [7, 11) is -2.43. The lowest BCUT2D eigenvalue weighted by atomic mass is 10.0. The average molecular weight is 468 g/mol. The fourth-order valence-corrected chi connectivity index (χ4v) is 4.32. The number of hydrogen-bond acceptors (Lipinski definition) is 6. The maximum atomic E-state index is 12.9. The van der Waals surface area contributed by atoms with Crippen molar-refractivity contribution < 1.29 is 23.1 Å². The van der Waals surface area contributed by atoms with Crippen LogP contribution in [0.1, 0.15) is 29.2 Å². The number of aryl methyl sites for hydroxylation is 1. The normalized spacial score (nSPS) is 12.4. The van der Waals surface area contributed by atoms with Crippen molar-refractivity contribution in [1.29, 1.82) is 0 Å². The Morgan fingerprint density at radius 2 is 1.76 bits per heavy atom. The van der Waals surface area contributed by atoms with Gasteiger partial charge >= 0.3 is 0 Å². The summed E-state index contributed by atoms with van der Waals surface area (Å²) >= 11 is 0. The lowest BCUT2D eigenvalue weighted by molar-refractivity contribution is -0.121. The highest BCUT2D eigenvalue weighted by atomic mass is 32.2. The van der Waals surface area contributed by atoms with Crippen LogP contribution in [-0.2, 0) is 14.8 Å². The molecule has 1 atom stereocenters. The molecule has 1 unspecified atom stereocenters. The monoisotopic (exact) mass is 467 g/mol. The molecule has 3 aromatic rings. The third-order valence-corrected chi connectivity index (χ3v) is 6.35. The number of nitrogens with one attached hydrogen (secondary N) is 2. The molecule has 1 amide bonds. The molecule has 0 aliphatic carbocycles. The highest BCUT2D eigenvalue weighted by molar-refractivity contribution is 7.89. The highest BCUT2D eigenvalue weighted by Crippen LogP contribution is 2.28. The summed E-state index contributed by atoms with van der Waals surface area (Å²) in [5.74, 6) is -0.333. The predicted octanol–water partition coefficient (Wildman–Crippen LogP) is 3.27. The maximum Gasteiger partial charge on any atom is 0.242 e. The van der Waals surface area contributed by atoms with Gasteiger partial charge in [-0.1, -0.05) is 54.1 Å². The second kappa shape index (κ2) is 10.8. The molecule has 0 saturated carbocycles. The van der Waals surface area contributed by atoms with Gasteiger partial charge in [-0.2, -0.15) is 5.10 Å². The van der Waals surface area contributed by atoms with Gasteiger partial charge in [-0.15, -0.1) is 0 Å². The van der Waals surface area contributed by atoms with Crippen molar-refractivity contribution in [3.05, 3.63) is 89.5 Å². The highest BCUT2D eigenvalue weighted by Gasteiger charge is 2.23. The number of hydrazone groups is 1. The summed E-state index contributed by atoms with van der Waals surface area (Å²) in [6, 6.07) is 19.4. The van der Waals surface area contributed by atoms with E-state index in [0.29, 0.717) is 11.1 Å². The minimum absolute atomic E-state index is 0.106. The van der Waals surface area contributed by atoms with Crippen LogP contribution in [0.5, 0.6) is 11.5 Å². The molecule has 172 valence electrons. The zero-order valence-electron chi connectivity index (χ0n) is 18.2. The third kappa shape index (κ3) is 6.41. The lowest BCUT2D eigenvalue weighted by Gasteiger charge is -2.18. The van der Waals surface area contributed by atoms with E-state index in [1.165, 1.54) is 25.5 Å². The topological polar surface area (TPSA) is 117 Å². The third-order valence-electron chi connectivity index (χ3n) is 4.86. The van der Waals surface area contributed by atoms with Gasteiger partial charge in [-0.25, -0.2) is 18.6 Å². The summed E-state index contributed by atoms with van der Waals surface area (Å²) in [4.78, 5) is 12.7. The van der Waals surface area contributed by atoms with Gasteiger partial charge in [0.25, 0.3) is 0 Å². The molecule has 33 heavy (non-hydrogen) atoms. The van der Waals surface area contributed by atoms with Crippen molar-refractivity contribution >= 4 is 22.1 Å². The van der Waals surface area contributed by atoms with E-state index in [-0.39, 0.29) is 22.8 Å². The number of amides is 1. The van der Waals surface area contributed by atoms with Gasteiger partial charge in [0.1, 0.15) is 0 Å². The molecule has 8 nitrogen and oxygen atoms in total. The number of phenols is 1. The first-order valence-electron chi connectivity index (χ1n) is 10.1. The minimum atomic E-state index is -3.86. The van der Waals surface area contributed by atoms with Crippen LogP contribution < -0.4 is 14.9 Å². The predicted molar refractivity (Wildman–Crippen MR) is 126 cm³/mol. The summed E-state index contributed by atoms with van der Waals surface area (Å²) in [5, 5.41) is 14.0. The Balaban J connectivity index is 1.74. The molecular weight excluding hydrogens is 442 g/mol. The zero-order chi connectivity index (χ0) is 23.8. The number of carbonyl (C=O) groups is 1. The van der Waals surface area contributed by atoms with Crippen LogP contribution in [0.25, 0.3) is 0 Å². The standard InChI is InChI=1S/C24H25N3O5S/c1-17-11-13-20(14-12-17)33(30,31)27-21(18-7-4-3-5-8-18)15-23(28)26-25-16-19-9-6-10-22(32-2)24(19)29/h3-14,16,21,27,29H,15H2,1-2H3,(H,26,28). The number of benzene rings is 3. The fraction of sp³-hybridized carbons (Fsp3) is 0.167. The summed E-state index contributed by atoms with van der Waals surface area (Å²) in [6.07, 6.45) is 1.10. The Hall–Kier alpha value is -3.69. The molecule has 3 aromatic carbocycles. The number of hydrogen-bond donors (Lipinski definition) is 3. The Bertz CT molecular complexity index is 1230. The van der Waals surface area contributed by atoms with E-state index >= 15 is 0 Å². The van der Waals surface area contributed by atoms with E-state index in [1.54, 1.807) is 60.7 Å². The molecule has 0 bridgehead atoms. The van der Waals surface area contributed by atoms with E-state index < -0.39 is 22.0 Å². The van der Waals surface area contributed by atoms with Crippen molar-refractivity contribution in [3.8, 4) is 11.5 Å². The molecule has 3 rings (SSSR count). The van der Waals surface area contributed by atoms with Crippen LogP contribution in [-0.4, -0.2) is 32.8 Å². The lowest BCUT2D eigenvalue weighted by Crippen LogP contribution is -2.32. The minimum Gasteiger partial charge on any atom is -0.504 e. The van der Waals surface area contributed by atoms with Crippen LogP contribution >= 0.6 is 0 Å². The molecule has 0 heterocycles. The van der Waals surface area contributed by atoms with Crippen molar-refractivity contribution in [2.75, 3.05) is 7.11 Å². The van der Waals surface area contributed by atoms with Gasteiger partial charge in [-0.05, 0) is 36.8 Å². The number of sulfonamides is 1. The molecule has 0 aliphatic rings. The molecular formula is C24H25N3O5S. The van der Waals surface area contributed by atoms with Crippen LogP contribution in [0, 0.1) is 6.92 Å². The van der Waals surface area contributed by atoms with Crippen LogP contribution in [0.4, 0.5) is 0 Å². The Kier molecular flexibility index (Phi) is 7.81. The fourth-order valence-electron chi connectivity index (χ4n) is 3.10. The quantitative estimate of drug-likeness (QED) is 0.330. The van der Waals surface area contributed by atoms with E-state index in [2.05, 4.69) is 15.2 Å². The molecule has 0 aromatic heterocycles. The number of para-hydroxylation sites is 1. The van der Waals surface area contributed by atoms with E-state index in [9.17, 15) is 18.3 Å². The Morgan fingerprint density at radius 3 is 2.42 bits per heavy atom. The van der Waals surface area contributed by atoms with Gasteiger partial charge in [0.2, 0.25) is 15.9 Å². The molecule has 0 spiro atoms. The molecule has 0 aliphatic heterocycles. The van der Waals surface area contributed by atoms with Crippen molar-refractivity contribution in [3.63, 3.8) is 0 Å². The van der Waals surface area contributed by atoms with Crippen molar-refractivity contribution in [2.45, 2.75) is 24.3 Å². The maximum absolute atomic E-state index is 12.9. The van der Waals surface area contributed by atoms with Crippen molar-refractivity contribution in [1.82, 2.24) is 10.1 Å². The van der Waals surface area contributed by atoms with Crippen LogP contribution in [0.3, 0.4) is 0 Å². The van der Waals surface area contributed by atoms with E-state index in [4.69, 9.17) is 4.74 Å². The smallest absolute Gasteiger partial charge is 0.242 e. The van der Waals surface area contributed by atoms with E-state index in [1.807, 2.05) is 6.92 Å². The van der Waals surface area contributed by atoms with Gasteiger partial charge in [-0.3, -0.25) is 4.79 Å². The molecule has 3 N–H and O–H groups in total. The van der Waals surface area contributed by atoms with Gasteiger partial charge in [0.15, 0.2) is 11.5 Å². The van der Waals surface area contributed by atoms with Crippen LogP contribution in [0.2, 0.25) is 0 Å². The number of rotatable bonds is 9. The second-order valence-corrected chi connectivity index (χ2v) is 9.01. The number of methoxy groups -OCH3 is 1. The molecule has 0 fully saturated rings. The largest absolute Gasteiger partial charge is 0.504 e. The first-order chi connectivity index (χ1) is 15.8. The molecule has 9 heteroatoms. The molecule has 0 saturated heterocycles. The molecule has 0 radical (unpaired) electrons. The van der Waals surface area contributed by atoms with Gasteiger partial charge in [0.05, 0.1) is 24.3 Å². The number of carbonyl (C=O) groups excluding carboxylic acids is 1. The average Bonchev–Trinajstić information content (AvgIpc) is 2.80. The number of phenolic OH excluding ortho intramolecular Hbond substituents is 1. The summed E-state index contributed by atoms with van der Waals surface area (Å²) in [6.45, 7) is 1.87. The van der Waals surface area contributed by atoms with Gasteiger partial charge in [0, 0.05) is 12.0 Å². The van der Waals surface area contributed by atoms with Crippen LogP contribution in [0.15, 0.2) is 82.8 Å². The first kappa shape index (κ1) is 24.0. The summed E-state index contributed by atoms with van der Waals surface area (Å²) in [5.41, 5.74) is 4.30. The number of aromatic hydroxyl groups is 1. The zero-order valence-corrected chi connectivity index (χ0v) is 19.0. The Labute approximate surface area is 193 Å². The summed E-state index contributed by atoms with van der Waals surface area (Å²) < 4.78 is 33.4. The van der Waals surface area contributed by atoms with Gasteiger partial charge < -0.3 is 9.84 Å². The first-order valence-corrected chi connectivity index (χ1v) is 11.6. The van der Waals surface area contributed by atoms with E-state index in [0.717, 1.165) is 5.56 Å².